The summed E-state index contributed by atoms with van der Waals surface area (Å²) in [5, 5.41) is 4.10. The van der Waals surface area contributed by atoms with Gasteiger partial charge in [-0.15, -0.1) is 0 Å². The highest BCUT2D eigenvalue weighted by atomic mass is 16.2. The van der Waals surface area contributed by atoms with Gasteiger partial charge in [-0.3, -0.25) is 14.4 Å². The summed E-state index contributed by atoms with van der Waals surface area (Å²) in [7, 11) is 0. The molecule has 3 rings (SSSR count). The van der Waals surface area contributed by atoms with Gasteiger partial charge in [0.2, 0.25) is 5.91 Å². The van der Waals surface area contributed by atoms with Gasteiger partial charge < -0.3 is 4.90 Å². The molecule has 1 saturated heterocycles. The van der Waals surface area contributed by atoms with Crippen molar-refractivity contribution in [3.05, 3.63) is 24.8 Å². The lowest BCUT2D eigenvalue weighted by atomic mass is 10.1. The van der Waals surface area contributed by atoms with Crippen LogP contribution in [0.2, 0.25) is 0 Å². The number of carbonyl (C=O) groups is 1. The first-order valence-corrected chi connectivity index (χ1v) is 7.31. The minimum atomic E-state index is 0.205. The molecule has 0 N–H and O–H groups in total. The SMILES string of the molecule is O=C(C1CC=CC1)N1CCN(CCn2cncn2)CC1. The Balaban J connectivity index is 1.41. The van der Waals surface area contributed by atoms with Crippen molar-refractivity contribution in [2.75, 3.05) is 32.7 Å². The average molecular weight is 275 g/mol. The van der Waals surface area contributed by atoms with Crippen LogP contribution in [-0.2, 0) is 11.3 Å². The van der Waals surface area contributed by atoms with E-state index in [-0.39, 0.29) is 5.92 Å². The van der Waals surface area contributed by atoms with Crippen molar-refractivity contribution < 1.29 is 4.79 Å². The van der Waals surface area contributed by atoms with Crippen molar-refractivity contribution in [2.45, 2.75) is 19.4 Å². The Hall–Kier alpha value is -1.69. The molecule has 0 spiro atoms. The molecule has 0 radical (unpaired) electrons. The van der Waals surface area contributed by atoms with Crippen molar-refractivity contribution in [3.63, 3.8) is 0 Å². The maximum atomic E-state index is 12.3. The van der Waals surface area contributed by atoms with Gasteiger partial charge in [-0.25, -0.2) is 4.98 Å². The standard InChI is InChI=1S/C14H21N5O/c20-14(13-3-1-2-4-13)18-8-5-17(6-9-18)7-10-19-12-15-11-16-19/h1-2,11-13H,3-10H2. The molecule has 0 aromatic carbocycles. The summed E-state index contributed by atoms with van der Waals surface area (Å²) in [6, 6.07) is 0. The van der Waals surface area contributed by atoms with Crippen LogP contribution in [0.5, 0.6) is 0 Å². The lowest BCUT2D eigenvalue weighted by Crippen LogP contribution is -2.50. The molecule has 0 saturated carbocycles. The number of piperazine rings is 1. The molecule has 1 aliphatic heterocycles. The topological polar surface area (TPSA) is 54.3 Å². The van der Waals surface area contributed by atoms with E-state index in [9.17, 15) is 4.79 Å². The Morgan fingerprint density at radius 2 is 1.85 bits per heavy atom. The van der Waals surface area contributed by atoms with Gasteiger partial charge in [0.25, 0.3) is 0 Å². The lowest BCUT2D eigenvalue weighted by molar-refractivity contribution is -0.136. The summed E-state index contributed by atoms with van der Waals surface area (Å²) in [5.74, 6) is 0.544. The molecule has 20 heavy (non-hydrogen) atoms. The fourth-order valence-electron chi connectivity index (χ4n) is 2.86. The number of nitrogens with zero attached hydrogens (tertiary/aromatic N) is 5. The molecular weight excluding hydrogens is 254 g/mol. The summed E-state index contributed by atoms with van der Waals surface area (Å²) in [6.07, 6.45) is 9.39. The van der Waals surface area contributed by atoms with Crippen LogP contribution in [0.25, 0.3) is 0 Å². The van der Waals surface area contributed by atoms with Crippen molar-refractivity contribution in [1.82, 2.24) is 24.6 Å². The Kier molecular flexibility index (Phi) is 4.11. The van der Waals surface area contributed by atoms with Crippen molar-refractivity contribution in [2.24, 2.45) is 5.92 Å². The molecule has 6 heteroatoms. The molecule has 6 nitrogen and oxygen atoms in total. The molecule has 1 aromatic heterocycles. The molecule has 1 amide bonds. The molecule has 1 aliphatic carbocycles. The van der Waals surface area contributed by atoms with Gasteiger partial charge in [0.15, 0.2) is 0 Å². The van der Waals surface area contributed by atoms with E-state index < -0.39 is 0 Å². The van der Waals surface area contributed by atoms with Gasteiger partial charge >= 0.3 is 0 Å². The minimum Gasteiger partial charge on any atom is -0.340 e. The maximum absolute atomic E-state index is 12.3. The third kappa shape index (κ3) is 3.07. The number of aromatic nitrogens is 3. The molecule has 108 valence electrons. The van der Waals surface area contributed by atoms with E-state index in [4.69, 9.17) is 0 Å². The zero-order chi connectivity index (χ0) is 13.8. The molecule has 1 fully saturated rings. The maximum Gasteiger partial charge on any atom is 0.226 e. The highest BCUT2D eigenvalue weighted by molar-refractivity contribution is 5.79. The van der Waals surface area contributed by atoms with Crippen LogP contribution >= 0.6 is 0 Å². The van der Waals surface area contributed by atoms with Crippen molar-refractivity contribution in [1.29, 1.82) is 0 Å². The number of carbonyl (C=O) groups excluding carboxylic acids is 1. The lowest BCUT2D eigenvalue weighted by Gasteiger charge is -2.35. The van der Waals surface area contributed by atoms with Gasteiger partial charge in [0, 0.05) is 38.6 Å². The van der Waals surface area contributed by atoms with Crippen molar-refractivity contribution >= 4 is 5.91 Å². The number of hydrogen-bond acceptors (Lipinski definition) is 4. The third-order valence-corrected chi connectivity index (χ3v) is 4.15. The normalized spacial score (nSPS) is 20.7. The first-order valence-electron chi connectivity index (χ1n) is 7.31. The Bertz CT molecular complexity index is 454. The zero-order valence-corrected chi connectivity index (χ0v) is 11.7. The smallest absolute Gasteiger partial charge is 0.226 e. The predicted molar refractivity (Wildman–Crippen MR) is 74.9 cm³/mol. The molecule has 2 heterocycles. The van der Waals surface area contributed by atoms with Crippen LogP contribution in [0.4, 0.5) is 0 Å². The van der Waals surface area contributed by atoms with Crippen LogP contribution in [0, 0.1) is 5.92 Å². The summed E-state index contributed by atoms with van der Waals surface area (Å²) < 4.78 is 1.85. The summed E-state index contributed by atoms with van der Waals surface area (Å²) >= 11 is 0. The van der Waals surface area contributed by atoms with Crippen LogP contribution in [0.3, 0.4) is 0 Å². The van der Waals surface area contributed by atoms with Gasteiger partial charge in [-0.1, -0.05) is 12.2 Å². The second-order valence-corrected chi connectivity index (χ2v) is 5.47. The second-order valence-electron chi connectivity index (χ2n) is 5.47. The average Bonchev–Trinajstić information content (AvgIpc) is 3.18. The van der Waals surface area contributed by atoms with E-state index in [0.29, 0.717) is 5.91 Å². The Morgan fingerprint density at radius 1 is 1.10 bits per heavy atom. The highest BCUT2D eigenvalue weighted by Crippen LogP contribution is 2.21. The Morgan fingerprint density at radius 3 is 2.50 bits per heavy atom. The number of amides is 1. The second kappa shape index (κ2) is 6.17. The molecule has 0 atom stereocenters. The minimum absolute atomic E-state index is 0.205. The molecule has 1 aromatic rings. The van der Waals surface area contributed by atoms with Crippen LogP contribution < -0.4 is 0 Å². The van der Waals surface area contributed by atoms with E-state index >= 15 is 0 Å². The third-order valence-electron chi connectivity index (χ3n) is 4.15. The monoisotopic (exact) mass is 275 g/mol. The first kappa shape index (κ1) is 13.3. The first-order chi connectivity index (χ1) is 9.83. The summed E-state index contributed by atoms with van der Waals surface area (Å²) in [6.45, 7) is 5.46. The van der Waals surface area contributed by atoms with Gasteiger partial charge in [-0.05, 0) is 12.8 Å². The van der Waals surface area contributed by atoms with Gasteiger partial charge in [0.1, 0.15) is 12.7 Å². The summed E-state index contributed by atoms with van der Waals surface area (Å²) in [5.41, 5.74) is 0. The van der Waals surface area contributed by atoms with Gasteiger partial charge in [-0.2, -0.15) is 5.10 Å². The zero-order valence-electron chi connectivity index (χ0n) is 11.7. The highest BCUT2D eigenvalue weighted by Gasteiger charge is 2.27. The van der Waals surface area contributed by atoms with Gasteiger partial charge in [0.05, 0.1) is 6.54 Å². The fourth-order valence-corrected chi connectivity index (χ4v) is 2.86. The van der Waals surface area contributed by atoms with E-state index in [1.165, 1.54) is 0 Å². The number of rotatable bonds is 4. The molecule has 2 aliphatic rings. The van der Waals surface area contributed by atoms with Crippen LogP contribution in [0.15, 0.2) is 24.8 Å². The molecule has 0 unspecified atom stereocenters. The van der Waals surface area contributed by atoms with Crippen molar-refractivity contribution in [3.8, 4) is 0 Å². The van der Waals surface area contributed by atoms with E-state index in [0.717, 1.165) is 52.1 Å². The van der Waals surface area contributed by atoms with E-state index in [1.54, 1.807) is 12.7 Å². The largest absolute Gasteiger partial charge is 0.340 e. The number of hydrogen-bond donors (Lipinski definition) is 0. The number of allylic oxidation sites excluding steroid dienone is 2. The predicted octanol–water partition coefficient (Wildman–Crippen LogP) is 0.388. The quantitative estimate of drug-likeness (QED) is 0.746. The van der Waals surface area contributed by atoms with E-state index in [1.807, 2.05) is 9.58 Å². The fraction of sp³-hybridized carbons (Fsp3) is 0.643. The van der Waals surface area contributed by atoms with Crippen LogP contribution in [0.1, 0.15) is 12.8 Å². The van der Waals surface area contributed by atoms with Crippen LogP contribution in [-0.4, -0.2) is 63.2 Å². The van der Waals surface area contributed by atoms with E-state index in [2.05, 4.69) is 27.1 Å². The summed E-state index contributed by atoms with van der Waals surface area (Å²) in [4.78, 5) is 20.7. The Labute approximate surface area is 119 Å². The molecular formula is C14H21N5O. The molecule has 0 bridgehead atoms.